The second-order valence-corrected chi connectivity index (χ2v) is 7.11. The minimum absolute atomic E-state index is 0.331. The lowest BCUT2D eigenvalue weighted by Crippen LogP contribution is -2.26. The van der Waals surface area contributed by atoms with Gasteiger partial charge in [0, 0.05) is 21.6 Å². The number of hydrogen-bond donors (Lipinski definition) is 0. The maximum Gasteiger partial charge on any atom is 0.419 e. The van der Waals surface area contributed by atoms with E-state index in [1.165, 1.54) is 4.57 Å². The van der Waals surface area contributed by atoms with E-state index < -0.39 is 17.5 Å². The maximum atomic E-state index is 13.1. The molecule has 0 unspecified atom stereocenters. The molecule has 3 aromatic rings. The lowest BCUT2D eigenvalue weighted by Gasteiger charge is -2.20. The van der Waals surface area contributed by atoms with Crippen molar-refractivity contribution in [2.45, 2.75) is 26.4 Å². The lowest BCUT2D eigenvalue weighted by atomic mass is 10.1. The number of benzene rings is 1. The van der Waals surface area contributed by atoms with Gasteiger partial charge in [-0.15, -0.1) is 0 Å². The molecule has 0 bridgehead atoms. The van der Waals surface area contributed by atoms with Gasteiger partial charge in [0.15, 0.2) is 11.6 Å². The van der Waals surface area contributed by atoms with Gasteiger partial charge in [0.05, 0.1) is 17.9 Å². The van der Waals surface area contributed by atoms with Crippen LogP contribution in [0.4, 0.5) is 9.18 Å². The third-order valence-corrected chi connectivity index (χ3v) is 3.86. The van der Waals surface area contributed by atoms with E-state index in [4.69, 9.17) is 4.74 Å². The highest BCUT2D eigenvalue weighted by molar-refractivity contribution is 9.10. The molecule has 0 radical (unpaired) electrons. The van der Waals surface area contributed by atoms with Crippen LogP contribution in [0.25, 0.3) is 22.3 Å². The van der Waals surface area contributed by atoms with Crippen molar-refractivity contribution in [3.05, 3.63) is 47.1 Å². The number of rotatable bonds is 1. The van der Waals surface area contributed by atoms with Crippen molar-refractivity contribution in [2.75, 3.05) is 0 Å². The van der Waals surface area contributed by atoms with Crippen molar-refractivity contribution in [3.63, 3.8) is 0 Å². The highest BCUT2D eigenvalue weighted by Gasteiger charge is 2.22. The zero-order valence-electron chi connectivity index (χ0n) is 13.4. The van der Waals surface area contributed by atoms with Crippen LogP contribution in [0, 0.1) is 5.82 Å². The van der Waals surface area contributed by atoms with Crippen LogP contribution in [0.15, 0.2) is 41.3 Å². The van der Waals surface area contributed by atoms with Crippen LogP contribution < -0.4 is 0 Å². The van der Waals surface area contributed by atoms with Crippen molar-refractivity contribution in [3.8, 4) is 11.4 Å². The molecule has 124 valence electrons. The molecule has 0 atom stereocenters. The van der Waals surface area contributed by atoms with E-state index in [9.17, 15) is 9.18 Å². The van der Waals surface area contributed by atoms with Crippen molar-refractivity contribution in [1.82, 2.24) is 14.5 Å². The normalized spacial score (nSPS) is 11.7. The highest BCUT2D eigenvalue weighted by atomic mass is 79.9. The number of carbonyl (C=O) groups excluding carboxylic acids is 1. The fourth-order valence-electron chi connectivity index (χ4n) is 2.33. The van der Waals surface area contributed by atoms with Gasteiger partial charge in [-0.05, 0) is 42.8 Å². The Morgan fingerprint density at radius 1 is 1.25 bits per heavy atom. The van der Waals surface area contributed by atoms with Crippen molar-refractivity contribution in [2.24, 2.45) is 0 Å². The van der Waals surface area contributed by atoms with Crippen molar-refractivity contribution >= 4 is 32.9 Å². The Morgan fingerprint density at radius 3 is 2.54 bits per heavy atom. The van der Waals surface area contributed by atoms with Crippen LogP contribution in [0.5, 0.6) is 0 Å². The zero-order valence-corrected chi connectivity index (χ0v) is 15.0. The van der Waals surface area contributed by atoms with E-state index in [2.05, 4.69) is 25.9 Å². The number of hydrogen-bond acceptors (Lipinski definition) is 4. The minimum atomic E-state index is -0.624. The molecule has 0 aliphatic carbocycles. The second kappa shape index (κ2) is 5.98. The van der Waals surface area contributed by atoms with Gasteiger partial charge >= 0.3 is 6.09 Å². The van der Waals surface area contributed by atoms with Crippen LogP contribution >= 0.6 is 15.9 Å². The molecule has 2 heterocycles. The molecule has 1 aromatic carbocycles. The molecule has 0 spiro atoms. The molecule has 5 nitrogen and oxygen atoms in total. The van der Waals surface area contributed by atoms with E-state index in [-0.39, 0.29) is 0 Å². The summed E-state index contributed by atoms with van der Waals surface area (Å²) in [6.07, 6.45) is 3.33. The zero-order chi connectivity index (χ0) is 17.5. The van der Waals surface area contributed by atoms with Gasteiger partial charge in [-0.3, -0.25) is 4.57 Å². The average Bonchev–Trinajstić information content (AvgIpc) is 2.84. The maximum absolute atomic E-state index is 13.1. The van der Waals surface area contributed by atoms with Crippen LogP contribution in [0.1, 0.15) is 20.8 Å². The standard InChI is InChI=1S/C17H15BrFN3O2/c1-17(2,3)24-16(23)22-9-13(18)11-5-4-6-12(14(11)22)15-20-7-10(19)8-21-15/h4-9H,1-3H3. The number of fused-ring (bicyclic) bond motifs is 1. The second-order valence-electron chi connectivity index (χ2n) is 6.25. The number of halogens is 2. The van der Waals surface area contributed by atoms with E-state index in [1.807, 2.05) is 12.1 Å². The molecule has 0 saturated heterocycles. The van der Waals surface area contributed by atoms with Crippen molar-refractivity contribution < 1.29 is 13.9 Å². The first-order chi connectivity index (χ1) is 11.3. The molecular formula is C17H15BrFN3O2. The van der Waals surface area contributed by atoms with E-state index in [0.29, 0.717) is 16.9 Å². The van der Waals surface area contributed by atoms with Crippen LogP contribution in [0.3, 0.4) is 0 Å². The molecular weight excluding hydrogens is 377 g/mol. The van der Waals surface area contributed by atoms with E-state index >= 15 is 0 Å². The van der Waals surface area contributed by atoms with Gasteiger partial charge < -0.3 is 4.74 Å². The first-order valence-electron chi connectivity index (χ1n) is 7.27. The van der Waals surface area contributed by atoms with Crippen molar-refractivity contribution in [1.29, 1.82) is 0 Å². The van der Waals surface area contributed by atoms with Gasteiger partial charge in [0.25, 0.3) is 0 Å². The lowest BCUT2D eigenvalue weighted by molar-refractivity contribution is 0.0544. The summed E-state index contributed by atoms with van der Waals surface area (Å²) < 4.78 is 20.7. The summed E-state index contributed by atoms with van der Waals surface area (Å²) in [6.45, 7) is 5.40. The fraction of sp³-hybridized carbons (Fsp3) is 0.235. The van der Waals surface area contributed by atoms with Gasteiger partial charge in [-0.2, -0.15) is 0 Å². The first kappa shape index (κ1) is 16.6. The van der Waals surface area contributed by atoms with Crippen LogP contribution in [-0.4, -0.2) is 26.2 Å². The van der Waals surface area contributed by atoms with Gasteiger partial charge in [-0.1, -0.05) is 12.1 Å². The molecule has 0 aliphatic heterocycles. The monoisotopic (exact) mass is 391 g/mol. The molecule has 2 aromatic heterocycles. The summed E-state index contributed by atoms with van der Waals surface area (Å²) in [7, 11) is 0. The van der Waals surface area contributed by atoms with Gasteiger partial charge in [-0.25, -0.2) is 19.2 Å². The molecule has 0 fully saturated rings. The highest BCUT2D eigenvalue weighted by Crippen LogP contribution is 2.33. The topological polar surface area (TPSA) is 57.0 Å². The molecule has 3 rings (SSSR count). The molecule has 0 aliphatic rings. The van der Waals surface area contributed by atoms with Gasteiger partial charge in [0.2, 0.25) is 0 Å². The average molecular weight is 392 g/mol. The third kappa shape index (κ3) is 3.17. The number of aromatic nitrogens is 3. The summed E-state index contributed by atoms with van der Waals surface area (Å²) in [5, 5.41) is 0.811. The Balaban J connectivity index is 2.21. The third-order valence-electron chi connectivity index (χ3n) is 3.23. The summed E-state index contributed by atoms with van der Waals surface area (Å²) >= 11 is 3.45. The smallest absolute Gasteiger partial charge is 0.419 e. The first-order valence-corrected chi connectivity index (χ1v) is 8.06. The number of carbonyl (C=O) groups is 1. The number of para-hydroxylation sites is 1. The number of nitrogens with zero attached hydrogens (tertiary/aromatic N) is 3. The van der Waals surface area contributed by atoms with E-state index in [0.717, 1.165) is 22.3 Å². The predicted molar refractivity (Wildman–Crippen MR) is 92.3 cm³/mol. The Labute approximate surface area is 146 Å². The molecule has 0 amide bonds. The fourth-order valence-corrected chi connectivity index (χ4v) is 2.85. The Kier molecular flexibility index (Phi) is 4.13. The Morgan fingerprint density at radius 2 is 1.92 bits per heavy atom. The largest absolute Gasteiger partial charge is 0.443 e. The summed E-state index contributed by atoms with van der Waals surface area (Å²) in [6, 6.07) is 5.48. The quantitative estimate of drug-likeness (QED) is 0.598. The predicted octanol–water partition coefficient (Wildman–Crippen LogP) is 4.78. The molecule has 7 heteroatoms. The summed E-state index contributed by atoms with van der Waals surface area (Å²) in [5.74, 6) is -0.188. The Bertz CT molecular complexity index is 914. The minimum Gasteiger partial charge on any atom is -0.443 e. The Hall–Kier alpha value is -2.28. The SMILES string of the molecule is CC(C)(C)OC(=O)n1cc(Br)c2cccc(-c3ncc(F)cn3)c21. The van der Waals surface area contributed by atoms with Crippen LogP contribution in [-0.2, 0) is 4.74 Å². The molecule has 0 saturated carbocycles. The van der Waals surface area contributed by atoms with Gasteiger partial charge in [0.1, 0.15) is 5.60 Å². The van der Waals surface area contributed by atoms with E-state index in [1.54, 1.807) is 33.0 Å². The molecule has 24 heavy (non-hydrogen) atoms. The summed E-state index contributed by atoms with van der Waals surface area (Å²) in [4.78, 5) is 20.6. The summed E-state index contributed by atoms with van der Waals surface area (Å²) in [5.41, 5.74) is 0.593. The van der Waals surface area contributed by atoms with Crippen LogP contribution in [0.2, 0.25) is 0 Å². The number of ether oxygens (including phenoxy) is 1. The molecule has 0 N–H and O–H groups in total.